The molecule has 5 heteroatoms. The number of phenolic OH excluding ortho intramolecular Hbond substituents is 1. The Morgan fingerprint density at radius 2 is 1.67 bits per heavy atom. The summed E-state index contributed by atoms with van der Waals surface area (Å²) in [5.41, 5.74) is 0.940. The van der Waals surface area contributed by atoms with Gasteiger partial charge in [-0.1, -0.05) is 32.0 Å². The van der Waals surface area contributed by atoms with Gasteiger partial charge in [0.15, 0.2) is 0 Å². The van der Waals surface area contributed by atoms with Crippen molar-refractivity contribution in [2.24, 2.45) is 0 Å². The zero-order chi connectivity index (χ0) is 17.7. The fourth-order valence-corrected chi connectivity index (χ4v) is 2.28. The number of nitrogens with one attached hydrogen (secondary N) is 1. The minimum absolute atomic E-state index is 0.0780. The van der Waals surface area contributed by atoms with Crippen molar-refractivity contribution in [3.05, 3.63) is 70.5 Å². The molecule has 24 heavy (non-hydrogen) atoms. The first-order valence-corrected chi connectivity index (χ1v) is 7.75. The Labute approximate surface area is 140 Å². The second kappa shape index (κ2) is 7.46. The van der Waals surface area contributed by atoms with Gasteiger partial charge in [0.05, 0.1) is 0 Å². The molecule has 1 amide bonds. The number of carbonyl (C=O) groups excluding carboxylic acids is 1. The first kappa shape index (κ1) is 17.3. The molecule has 2 aromatic carbocycles. The molecule has 0 aliphatic carbocycles. The molecule has 0 saturated heterocycles. The van der Waals surface area contributed by atoms with Gasteiger partial charge in [-0.2, -0.15) is 0 Å². The highest BCUT2D eigenvalue weighted by Gasteiger charge is 2.17. The van der Waals surface area contributed by atoms with Gasteiger partial charge < -0.3 is 15.0 Å². The molecule has 0 radical (unpaired) electrons. The molecule has 1 heterocycles. The third-order valence-electron chi connectivity index (χ3n) is 3.53. The lowest BCUT2D eigenvalue weighted by Crippen LogP contribution is -2.31. The van der Waals surface area contributed by atoms with Crippen LogP contribution in [0.1, 0.15) is 24.2 Å². The molecular formula is C19H20N2O3. The summed E-state index contributed by atoms with van der Waals surface area (Å²) in [5, 5.41) is 10.1. The zero-order valence-electron chi connectivity index (χ0n) is 13.9. The second-order valence-electron chi connectivity index (χ2n) is 4.98. The summed E-state index contributed by atoms with van der Waals surface area (Å²) in [6.07, 6.45) is 0. The molecule has 3 rings (SSSR count). The quantitative estimate of drug-likeness (QED) is 0.757. The summed E-state index contributed by atoms with van der Waals surface area (Å²) in [6.45, 7) is 4.00. The van der Waals surface area contributed by atoms with Crippen molar-refractivity contribution < 1.29 is 9.90 Å². The Balaban J connectivity index is 0.00000100. The number of nitrogens with zero attached hydrogens (tertiary/aromatic N) is 1. The maximum absolute atomic E-state index is 12.5. The van der Waals surface area contributed by atoms with Crippen LogP contribution in [0.2, 0.25) is 0 Å². The van der Waals surface area contributed by atoms with E-state index >= 15 is 0 Å². The number of H-pyrrole nitrogens is 1. The van der Waals surface area contributed by atoms with E-state index in [0.717, 1.165) is 5.39 Å². The van der Waals surface area contributed by atoms with Gasteiger partial charge in [0, 0.05) is 18.3 Å². The molecule has 0 atom stereocenters. The van der Waals surface area contributed by atoms with E-state index in [1.165, 1.54) is 17.0 Å². The smallest absolute Gasteiger partial charge is 0.263 e. The van der Waals surface area contributed by atoms with Gasteiger partial charge in [-0.3, -0.25) is 9.59 Å². The predicted octanol–water partition coefficient (Wildman–Crippen LogP) is 3.54. The predicted molar refractivity (Wildman–Crippen MR) is 96.8 cm³/mol. The Bertz CT molecular complexity index is 898. The maximum atomic E-state index is 12.5. The first-order chi connectivity index (χ1) is 11.6. The van der Waals surface area contributed by atoms with Crippen LogP contribution in [-0.2, 0) is 0 Å². The number of pyridine rings is 1. The van der Waals surface area contributed by atoms with Crippen molar-refractivity contribution in [1.82, 2.24) is 4.98 Å². The molecule has 0 aliphatic rings. The number of hydrogen-bond acceptors (Lipinski definition) is 3. The van der Waals surface area contributed by atoms with Crippen molar-refractivity contribution >= 4 is 22.5 Å². The summed E-state index contributed by atoms with van der Waals surface area (Å²) in [5.74, 6) is -0.286. The number of phenols is 1. The summed E-state index contributed by atoms with van der Waals surface area (Å²) in [4.78, 5) is 28.7. The lowest BCUT2D eigenvalue weighted by molar-refractivity contribution is 0.0991. The monoisotopic (exact) mass is 324 g/mol. The topological polar surface area (TPSA) is 73.4 Å². The molecule has 1 aromatic heterocycles. The van der Waals surface area contributed by atoms with E-state index in [2.05, 4.69) is 4.98 Å². The van der Waals surface area contributed by atoms with Crippen molar-refractivity contribution in [3.8, 4) is 5.75 Å². The molecule has 0 bridgehead atoms. The standard InChI is InChI=1S/C17H14N2O3.C2H6/c1-19(12-6-8-13(20)9-7-12)17(22)14-10-11-4-2-3-5-15(11)18-16(14)21;1-2/h2-10,20H,1H3,(H,18,21);1-2H3. The van der Waals surface area contributed by atoms with E-state index in [0.29, 0.717) is 11.2 Å². The summed E-state index contributed by atoms with van der Waals surface area (Å²) < 4.78 is 0. The molecule has 3 aromatic rings. The fourth-order valence-electron chi connectivity index (χ4n) is 2.28. The third-order valence-corrected chi connectivity index (χ3v) is 3.53. The molecule has 0 spiro atoms. The van der Waals surface area contributed by atoms with Crippen LogP contribution in [0.25, 0.3) is 10.9 Å². The first-order valence-electron chi connectivity index (χ1n) is 7.75. The number of carbonyl (C=O) groups is 1. The number of aromatic nitrogens is 1. The van der Waals surface area contributed by atoms with Crippen molar-refractivity contribution in [3.63, 3.8) is 0 Å². The molecule has 0 unspecified atom stereocenters. The van der Waals surface area contributed by atoms with Crippen molar-refractivity contribution in [1.29, 1.82) is 0 Å². The van der Waals surface area contributed by atoms with Crippen molar-refractivity contribution in [2.45, 2.75) is 13.8 Å². The van der Waals surface area contributed by atoms with Crippen molar-refractivity contribution in [2.75, 3.05) is 11.9 Å². The highest BCUT2D eigenvalue weighted by Crippen LogP contribution is 2.19. The Hall–Kier alpha value is -3.08. The van der Waals surface area contributed by atoms with Gasteiger partial charge in [0.1, 0.15) is 11.3 Å². The zero-order valence-corrected chi connectivity index (χ0v) is 13.9. The SMILES string of the molecule is CC.CN(C(=O)c1cc2ccccc2[nH]c1=O)c1ccc(O)cc1. The highest BCUT2D eigenvalue weighted by molar-refractivity contribution is 6.07. The minimum Gasteiger partial charge on any atom is -0.508 e. The average molecular weight is 324 g/mol. The van der Waals surface area contributed by atoms with E-state index in [1.54, 1.807) is 31.3 Å². The van der Waals surface area contributed by atoms with Crippen LogP contribution >= 0.6 is 0 Å². The number of aromatic hydroxyl groups is 1. The number of amides is 1. The van der Waals surface area contributed by atoms with E-state index in [1.807, 2.05) is 32.0 Å². The maximum Gasteiger partial charge on any atom is 0.263 e. The lowest BCUT2D eigenvalue weighted by Gasteiger charge is -2.17. The second-order valence-corrected chi connectivity index (χ2v) is 4.98. The average Bonchev–Trinajstić information content (AvgIpc) is 2.62. The van der Waals surface area contributed by atoms with Gasteiger partial charge in [-0.05, 0) is 41.8 Å². The van der Waals surface area contributed by atoms with Crippen LogP contribution in [0, 0.1) is 0 Å². The summed E-state index contributed by atoms with van der Waals surface area (Å²) in [6, 6.07) is 15.1. The number of aromatic amines is 1. The normalized spacial score (nSPS) is 9.96. The van der Waals surface area contributed by atoms with Crippen LogP contribution in [0.15, 0.2) is 59.4 Å². The van der Waals surface area contributed by atoms with Crippen LogP contribution in [0.3, 0.4) is 0 Å². The van der Waals surface area contributed by atoms with E-state index in [9.17, 15) is 14.7 Å². The molecule has 0 aliphatic heterocycles. The van der Waals surface area contributed by atoms with Gasteiger partial charge in [0.25, 0.3) is 11.5 Å². The molecule has 124 valence electrons. The number of benzene rings is 2. The van der Waals surface area contributed by atoms with E-state index < -0.39 is 11.5 Å². The molecule has 0 saturated carbocycles. The third kappa shape index (κ3) is 3.46. The summed E-state index contributed by atoms with van der Waals surface area (Å²) in [7, 11) is 1.59. The molecule has 2 N–H and O–H groups in total. The van der Waals surface area contributed by atoms with Gasteiger partial charge in [-0.15, -0.1) is 0 Å². The number of fused-ring (bicyclic) bond motifs is 1. The Morgan fingerprint density at radius 3 is 2.33 bits per heavy atom. The Kier molecular flexibility index (Phi) is 5.37. The fraction of sp³-hybridized carbons (Fsp3) is 0.158. The number of anilines is 1. The van der Waals surface area contributed by atoms with E-state index in [4.69, 9.17) is 0 Å². The van der Waals surface area contributed by atoms with Gasteiger partial charge >= 0.3 is 0 Å². The van der Waals surface area contributed by atoms with Gasteiger partial charge in [0.2, 0.25) is 0 Å². The van der Waals surface area contributed by atoms with E-state index in [-0.39, 0.29) is 11.3 Å². The number of para-hydroxylation sites is 1. The van der Waals surface area contributed by atoms with Crippen LogP contribution in [-0.4, -0.2) is 23.0 Å². The largest absolute Gasteiger partial charge is 0.508 e. The summed E-state index contributed by atoms with van der Waals surface area (Å²) >= 11 is 0. The van der Waals surface area contributed by atoms with Crippen LogP contribution < -0.4 is 10.5 Å². The molecule has 5 nitrogen and oxygen atoms in total. The van der Waals surface area contributed by atoms with Crippen LogP contribution in [0.5, 0.6) is 5.75 Å². The lowest BCUT2D eigenvalue weighted by atomic mass is 10.1. The number of hydrogen-bond donors (Lipinski definition) is 2. The minimum atomic E-state index is -0.422. The van der Waals surface area contributed by atoms with Gasteiger partial charge in [-0.25, -0.2) is 0 Å². The molecular weight excluding hydrogens is 304 g/mol. The van der Waals surface area contributed by atoms with Crippen LogP contribution in [0.4, 0.5) is 5.69 Å². The molecule has 0 fully saturated rings. The Morgan fingerprint density at radius 1 is 1.04 bits per heavy atom. The highest BCUT2D eigenvalue weighted by atomic mass is 16.3. The number of rotatable bonds is 2.